The Bertz CT molecular complexity index is 213. The average molecular weight is 197 g/mol. The predicted octanol–water partition coefficient (Wildman–Crippen LogP) is 1.19. The van der Waals surface area contributed by atoms with Crippen molar-refractivity contribution in [1.82, 2.24) is 5.32 Å². The molecule has 3 heteroatoms. The number of rotatable bonds is 2. The Morgan fingerprint density at radius 3 is 3.07 bits per heavy atom. The van der Waals surface area contributed by atoms with Gasteiger partial charge in [-0.25, -0.2) is 0 Å². The van der Waals surface area contributed by atoms with E-state index in [1.54, 1.807) is 0 Å². The number of carbonyl (C=O) groups excluding carboxylic acids is 1. The van der Waals surface area contributed by atoms with E-state index >= 15 is 0 Å². The Hall–Kier alpha value is -0.570. The summed E-state index contributed by atoms with van der Waals surface area (Å²) >= 11 is 0. The number of nitrogens with one attached hydrogen (secondary N) is 1. The second kappa shape index (κ2) is 4.30. The van der Waals surface area contributed by atoms with Gasteiger partial charge in [0.2, 0.25) is 0 Å². The van der Waals surface area contributed by atoms with Crippen LogP contribution in [0.1, 0.15) is 26.2 Å². The van der Waals surface area contributed by atoms with Crippen LogP contribution in [0.5, 0.6) is 0 Å². The summed E-state index contributed by atoms with van der Waals surface area (Å²) in [5, 5.41) is 3.43. The molecule has 1 aliphatic carbocycles. The van der Waals surface area contributed by atoms with Crippen LogP contribution in [0.4, 0.5) is 0 Å². The van der Waals surface area contributed by atoms with Crippen molar-refractivity contribution in [3.63, 3.8) is 0 Å². The van der Waals surface area contributed by atoms with Gasteiger partial charge in [-0.2, -0.15) is 0 Å². The molecule has 0 amide bonds. The monoisotopic (exact) mass is 197 g/mol. The van der Waals surface area contributed by atoms with Crippen LogP contribution < -0.4 is 5.32 Å². The highest BCUT2D eigenvalue weighted by molar-refractivity contribution is 5.73. The zero-order chi connectivity index (χ0) is 9.97. The standard InChI is InChI=1S/C11H19NO2/c1-2-14-11(13)10-5-8-3-4-9(10)7-12-6-8/h8-10,12H,2-7H2,1H3. The lowest BCUT2D eigenvalue weighted by molar-refractivity contribution is -0.151. The summed E-state index contributed by atoms with van der Waals surface area (Å²) in [5.74, 6) is 1.42. The van der Waals surface area contributed by atoms with Crippen LogP contribution >= 0.6 is 0 Å². The van der Waals surface area contributed by atoms with E-state index in [-0.39, 0.29) is 11.9 Å². The SMILES string of the molecule is CCOC(=O)C1CC2CCC1CNC2. The molecule has 1 saturated carbocycles. The largest absolute Gasteiger partial charge is 0.466 e. The number of hydrogen-bond acceptors (Lipinski definition) is 3. The van der Waals surface area contributed by atoms with E-state index in [9.17, 15) is 4.79 Å². The number of ether oxygens (including phenoxy) is 1. The molecule has 80 valence electrons. The third-order valence-corrected chi connectivity index (χ3v) is 3.53. The van der Waals surface area contributed by atoms with Crippen molar-refractivity contribution in [3.8, 4) is 0 Å². The summed E-state index contributed by atoms with van der Waals surface area (Å²) in [6, 6.07) is 0. The van der Waals surface area contributed by atoms with E-state index in [4.69, 9.17) is 4.74 Å². The van der Waals surface area contributed by atoms with Crippen LogP contribution in [0.2, 0.25) is 0 Å². The fourth-order valence-electron chi connectivity index (χ4n) is 2.76. The zero-order valence-corrected chi connectivity index (χ0v) is 8.79. The quantitative estimate of drug-likeness (QED) is 0.676. The first kappa shape index (κ1) is 9.97. The first-order chi connectivity index (χ1) is 6.81. The van der Waals surface area contributed by atoms with E-state index in [1.165, 1.54) is 12.8 Å². The number of carbonyl (C=O) groups is 1. The molecule has 3 aliphatic rings. The molecule has 3 unspecified atom stereocenters. The predicted molar refractivity (Wildman–Crippen MR) is 53.8 cm³/mol. The normalized spacial score (nSPS) is 36.5. The smallest absolute Gasteiger partial charge is 0.309 e. The highest BCUT2D eigenvalue weighted by atomic mass is 16.5. The van der Waals surface area contributed by atoms with Crippen molar-refractivity contribution in [1.29, 1.82) is 0 Å². The van der Waals surface area contributed by atoms with Crippen LogP contribution in [-0.4, -0.2) is 25.7 Å². The molecule has 2 aliphatic heterocycles. The van der Waals surface area contributed by atoms with Gasteiger partial charge in [-0.15, -0.1) is 0 Å². The summed E-state index contributed by atoms with van der Waals surface area (Å²) in [7, 11) is 0. The van der Waals surface area contributed by atoms with Crippen molar-refractivity contribution >= 4 is 5.97 Å². The number of fused-ring (bicyclic) bond motifs is 4. The highest BCUT2D eigenvalue weighted by Crippen LogP contribution is 2.36. The van der Waals surface area contributed by atoms with Crippen molar-refractivity contribution < 1.29 is 9.53 Å². The van der Waals surface area contributed by atoms with E-state index in [0.29, 0.717) is 18.4 Å². The van der Waals surface area contributed by atoms with Crippen molar-refractivity contribution in [2.45, 2.75) is 26.2 Å². The molecule has 2 bridgehead atoms. The first-order valence-electron chi connectivity index (χ1n) is 5.68. The molecule has 0 spiro atoms. The van der Waals surface area contributed by atoms with Gasteiger partial charge in [-0.05, 0) is 51.1 Å². The fourth-order valence-corrected chi connectivity index (χ4v) is 2.76. The minimum Gasteiger partial charge on any atom is -0.466 e. The van der Waals surface area contributed by atoms with E-state index < -0.39 is 0 Å². The van der Waals surface area contributed by atoms with E-state index in [0.717, 1.165) is 19.5 Å². The molecule has 3 atom stereocenters. The second-order valence-corrected chi connectivity index (χ2v) is 4.46. The van der Waals surface area contributed by atoms with Gasteiger partial charge in [-0.1, -0.05) is 0 Å². The Morgan fingerprint density at radius 1 is 1.43 bits per heavy atom. The van der Waals surface area contributed by atoms with E-state index in [2.05, 4.69) is 5.32 Å². The molecule has 2 saturated heterocycles. The maximum absolute atomic E-state index is 11.7. The second-order valence-electron chi connectivity index (χ2n) is 4.46. The molecule has 3 rings (SSSR count). The molecule has 14 heavy (non-hydrogen) atoms. The van der Waals surface area contributed by atoms with Crippen LogP contribution in [0.3, 0.4) is 0 Å². The van der Waals surface area contributed by atoms with Crippen LogP contribution in [0, 0.1) is 17.8 Å². The zero-order valence-electron chi connectivity index (χ0n) is 8.79. The summed E-state index contributed by atoms with van der Waals surface area (Å²) in [6.45, 7) is 4.48. The lowest BCUT2D eigenvalue weighted by atomic mass is 9.75. The highest BCUT2D eigenvalue weighted by Gasteiger charge is 2.37. The molecule has 0 aromatic heterocycles. The topological polar surface area (TPSA) is 38.3 Å². The maximum Gasteiger partial charge on any atom is 0.309 e. The molecule has 0 radical (unpaired) electrons. The van der Waals surface area contributed by atoms with Gasteiger partial charge in [0.25, 0.3) is 0 Å². The van der Waals surface area contributed by atoms with Gasteiger partial charge in [0.05, 0.1) is 12.5 Å². The molecule has 3 fully saturated rings. The molecule has 1 N–H and O–H groups in total. The molecular formula is C11H19NO2. The molecule has 0 aromatic rings. The van der Waals surface area contributed by atoms with Gasteiger partial charge in [0.15, 0.2) is 0 Å². The van der Waals surface area contributed by atoms with Crippen molar-refractivity contribution in [2.24, 2.45) is 17.8 Å². The van der Waals surface area contributed by atoms with Crippen LogP contribution in [-0.2, 0) is 9.53 Å². The number of esters is 1. The van der Waals surface area contributed by atoms with E-state index in [1.807, 2.05) is 6.92 Å². The van der Waals surface area contributed by atoms with Crippen LogP contribution in [0.15, 0.2) is 0 Å². The minimum absolute atomic E-state index is 0.0332. The lowest BCUT2D eigenvalue weighted by Gasteiger charge is -2.29. The molecule has 3 nitrogen and oxygen atoms in total. The van der Waals surface area contributed by atoms with Gasteiger partial charge in [0.1, 0.15) is 0 Å². The third kappa shape index (κ3) is 1.92. The Morgan fingerprint density at radius 2 is 2.29 bits per heavy atom. The molecule has 0 aromatic carbocycles. The molecule has 2 heterocycles. The van der Waals surface area contributed by atoms with Gasteiger partial charge in [-0.3, -0.25) is 4.79 Å². The minimum atomic E-state index is 0.0332. The summed E-state index contributed by atoms with van der Waals surface area (Å²) in [6.07, 6.45) is 3.52. The van der Waals surface area contributed by atoms with Gasteiger partial charge >= 0.3 is 5.97 Å². The van der Waals surface area contributed by atoms with Gasteiger partial charge < -0.3 is 10.1 Å². The third-order valence-electron chi connectivity index (χ3n) is 3.53. The Kier molecular flexibility index (Phi) is 3.06. The van der Waals surface area contributed by atoms with Gasteiger partial charge in [0, 0.05) is 0 Å². The van der Waals surface area contributed by atoms with Crippen LogP contribution in [0.25, 0.3) is 0 Å². The summed E-state index contributed by atoms with van der Waals surface area (Å²) in [4.78, 5) is 11.7. The maximum atomic E-state index is 11.7. The van der Waals surface area contributed by atoms with Crippen molar-refractivity contribution in [2.75, 3.05) is 19.7 Å². The number of hydrogen-bond donors (Lipinski definition) is 1. The Labute approximate surface area is 85.2 Å². The average Bonchev–Trinajstić information content (AvgIpc) is 2.52. The Balaban J connectivity index is 2.01. The summed E-state index contributed by atoms with van der Waals surface area (Å²) in [5.41, 5.74) is 0. The van der Waals surface area contributed by atoms with Crippen molar-refractivity contribution in [3.05, 3.63) is 0 Å². The first-order valence-corrected chi connectivity index (χ1v) is 5.68. The lowest BCUT2D eigenvalue weighted by Crippen LogP contribution is -2.32. The fraction of sp³-hybridized carbons (Fsp3) is 0.909. The summed E-state index contributed by atoms with van der Waals surface area (Å²) < 4.78 is 5.12. The molecular weight excluding hydrogens is 178 g/mol.